The van der Waals surface area contributed by atoms with Gasteiger partial charge in [-0.2, -0.15) is 13.2 Å². The molecule has 268 valence electrons. The number of alkyl halides is 3. The molecule has 0 saturated carbocycles. The molecule has 50 heavy (non-hydrogen) atoms. The maximum atomic E-state index is 15.9. The maximum Gasteiger partial charge on any atom is 0.416 e. The van der Waals surface area contributed by atoms with E-state index in [4.69, 9.17) is 25.8 Å². The Bertz CT molecular complexity index is 1950. The normalized spacial score (nSPS) is 11.5. The van der Waals surface area contributed by atoms with Crippen LogP contribution in [0.3, 0.4) is 0 Å². The Kier molecular flexibility index (Phi) is 11.8. The van der Waals surface area contributed by atoms with Gasteiger partial charge in [-0.1, -0.05) is 11.6 Å². The van der Waals surface area contributed by atoms with Crippen LogP contribution in [-0.4, -0.2) is 61.0 Å². The molecular formula is C32H31ClF5N5O6S. The summed E-state index contributed by atoms with van der Waals surface area (Å²) in [7, 11) is 0.760. The van der Waals surface area contributed by atoms with Gasteiger partial charge in [0.05, 0.1) is 61.2 Å². The lowest BCUT2D eigenvalue weighted by atomic mass is 10.1. The Balaban J connectivity index is 1.73. The van der Waals surface area contributed by atoms with Crippen molar-refractivity contribution in [2.45, 2.75) is 17.6 Å². The molecule has 4 rings (SSSR count). The summed E-state index contributed by atoms with van der Waals surface area (Å²) in [6, 6.07) is 11.0. The van der Waals surface area contributed by atoms with Gasteiger partial charge in [0, 0.05) is 31.8 Å². The van der Waals surface area contributed by atoms with Gasteiger partial charge in [-0.15, -0.1) is 0 Å². The molecule has 0 aliphatic carbocycles. The van der Waals surface area contributed by atoms with Crippen LogP contribution in [0.25, 0.3) is 0 Å². The first-order valence-corrected chi connectivity index (χ1v) is 16.3. The molecule has 3 aromatic carbocycles. The minimum atomic E-state index is -4.82. The molecule has 0 aliphatic heterocycles. The molecule has 1 amide bonds. The van der Waals surface area contributed by atoms with Gasteiger partial charge in [-0.3, -0.25) is 0 Å². The smallest absolute Gasteiger partial charge is 0.416 e. The number of pyridine rings is 1. The van der Waals surface area contributed by atoms with Crippen molar-refractivity contribution in [3.05, 3.63) is 94.6 Å². The number of nitrogens with one attached hydrogen (secondary N) is 2. The number of methoxy groups -OCH3 is 2. The summed E-state index contributed by atoms with van der Waals surface area (Å²) in [5, 5.41) is 4.71. The molecule has 1 heterocycles. The molecule has 0 atom stereocenters. The van der Waals surface area contributed by atoms with E-state index >= 15 is 4.39 Å². The van der Waals surface area contributed by atoms with Crippen LogP contribution in [-0.2, 0) is 27.5 Å². The summed E-state index contributed by atoms with van der Waals surface area (Å²) in [6.45, 7) is -0.652. The van der Waals surface area contributed by atoms with Crippen molar-refractivity contribution in [2.75, 3.05) is 56.0 Å². The molecule has 18 heteroatoms. The zero-order chi connectivity index (χ0) is 36.8. The van der Waals surface area contributed by atoms with Gasteiger partial charge in [0.25, 0.3) is 10.0 Å². The number of halogens is 6. The number of carbonyl (C=O) groups is 1. The summed E-state index contributed by atoms with van der Waals surface area (Å²) in [4.78, 5) is 15.8. The Morgan fingerprint density at radius 1 is 0.980 bits per heavy atom. The fourth-order valence-electron chi connectivity index (χ4n) is 4.63. The van der Waals surface area contributed by atoms with Crippen molar-refractivity contribution < 1.29 is 49.4 Å². The quantitative estimate of drug-likeness (QED) is 0.140. The first-order chi connectivity index (χ1) is 23.6. The lowest BCUT2D eigenvalue weighted by Crippen LogP contribution is -2.32. The monoisotopic (exact) mass is 743 g/mol. The number of anilines is 4. The number of amides is 1. The van der Waals surface area contributed by atoms with Gasteiger partial charge in [0.1, 0.15) is 40.5 Å². The number of ether oxygens (including phenoxy) is 3. The van der Waals surface area contributed by atoms with Crippen LogP contribution in [0.4, 0.5) is 49.6 Å². The second-order valence-corrected chi connectivity index (χ2v) is 12.7. The SMILES string of the molecule is CNC(=O)OCCN(C)c1cc(C(F)(F)F)ccc1Nc1cc(F)c(S(=O)(=O)N(Cc2ccc(OC)cc2OC)c2ccc(F)cn2)cc1Cl. The van der Waals surface area contributed by atoms with Crippen molar-refractivity contribution in [3.8, 4) is 11.5 Å². The third-order valence-corrected chi connectivity index (χ3v) is 9.31. The van der Waals surface area contributed by atoms with E-state index in [-0.39, 0.29) is 46.8 Å². The molecule has 1 aromatic heterocycles. The van der Waals surface area contributed by atoms with Crippen LogP contribution in [0, 0.1) is 11.6 Å². The fourth-order valence-corrected chi connectivity index (χ4v) is 6.37. The second kappa shape index (κ2) is 15.7. The first-order valence-electron chi connectivity index (χ1n) is 14.5. The molecule has 2 N–H and O–H groups in total. The van der Waals surface area contributed by atoms with E-state index in [0.29, 0.717) is 11.3 Å². The number of nitrogens with zero attached hydrogens (tertiary/aromatic N) is 3. The first kappa shape index (κ1) is 37.8. The summed E-state index contributed by atoms with van der Waals surface area (Å²) in [5.41, 5.74) is -0.815. The number of benzene rings is 3. The van der Waals surface area contributed by atoms with E-state index in [0.717, 1.165) is 53.0 Å². The van der Waals surface area contributed by atoms with E-state index in [1.807, 2.05) is 0 Å². The zero-order valence-corrected chi connectivity index (χ0v) is 28.5. The predicted molar refractivity (Wildman–Crippen MR) is 177 cm³/mol. The van der Waals surface area contributed by atoms with Gasteiger partial charge < -0.3 is 29.7 Å². The lowest BCUT2D eigenvalue weighted by molar-refractivity contribution is -0.137. The van der Waals surface area contributed by atoms with Crippen molar-refractivity contribution in [3.63, 3.8) is 0 Å². The molecule has 4 aromatic rings. The average molecular weight is 744 g/mol. The third-order valence-electron chi connectivity index (χ3n) is 7.23. The van der Waals surface area contributed by atoms with E-state index in [9.17, 15) is 30.8 Å². The van der Waals surface area contributed by atoms with Crippen LogP contribution in [0.15, 0.2) is 71.8 Å². The topological polar surface area (TPSA) is 122 Å². The van der Waals surface area contributed by atoms with Crippen LogP contribution in [0.2, 0.25) is 5.02 Å². The average Bonchev–Trinajstić information content (AvgIpc) is 3.08. The minimum Gasteiger partial charge on any atom is -0.497 e. The summed E-state index contributed by atoms with van der Waals surface area (Å²) in [6.07, 6.45) is -4.65. The predicted octanol–water partition coefficient (Wildman–Crippen LogP) is 6.98. The lowest BCUT2D eigenvalue weighted by Gasteiger charge is -2.26. The molecule has 0 saturated heterocycles. The number of rotatable bonds is 13. The van der Waals surface area contributed by atoms with Gasteiger partial charge in [0.2, 0.25) is 0 Å². The minimum absolute atomic E-state index is 0.0181. The molecular weight excluding hydrogens is 713 g/mol. The molecule has 0 bridgehead atoms. The second-order valence-electron chi connectivity index (χ2n) is 10.4. The van der Waals surface area contributed by atoms with Crippen molar-refractivity contribution in [2.24, 2.45) is 0 Å². The van der Waals surface area contributed by atoms with Crippen LogP contribution in [0.1, 0.15) is 11.1 Å². The highest BCUT2D eigenvalue weighted by molar-refractivity contribution is 7.92. The number of hydrogen-bond acceptors (Lipinski definition) is 9. The van der Waals surface area contributed by atoms with Gasteiger partial charge in [-0.05, 0) is 48.5 Å². The number of likely N-dealkylation sites (N-methyl/N-ethyl adjacent to an activating group) is 1. The molecule has 0 spiro atoms. The largest absolute Gasteiger partial charge is 0.497 e. The van der Waals surface area contributed by atoms with E-state index in [2.05, 4.69) is 15.6 Å². The summed E-state index contributed by atoms with van der Waals surface area (Å²) >= 11 is 6.47. The van der Waals surface area contributed by atoms with E-state index in [1.165, 1.54) is 45.3 Å². The molecule has 0 fully saturated rings. The maximum absolute atomic E-state index is 15.9. The third kappa shape index (κ3) is 8.76. The highest BCUT2D eigenvalue weighted by Gasteiger charge is 2.33. The highest BCUT2D eigenvalue weighted by atomic mass is 35.5. The van der Waals surface area contributed by atoms with Gasteiger partial charge in [0.15, 0.2) is 0 Å². The number of hydrogen-bond donors (Lipinski definition) is 2. The van der Waals surface area contributed by atoms with Crippen LogP contribution < -0.4 is 29.3 Å². The Hall–Kier alpha value is -5.03. The molecule has 0 aliphatic rings. The number of carbonyl (C=O) groups excluding carboxylic acids is 1. The van der Waals surface area contributed by atoms with Crippen LogP contribution in [0.5, 0.6) is 11.5 Å². The number of alkyl carbamates (subject to hydrolysis) is 1. The fraction of sp³-hybridized carbons (Fsp3) is 0.250. The van der Waals surface area contributed by atoms with Crippen LogP contribution >= 0.6 is 11.6 Å². The molecule has 0 radical (unpaired) electrons. The van der Waals surface area contributed by atoms with Crippen molar-refractivity contribution in [1.82, 2.24) is 10.3 Å². The molecule has 0 unspecified atom stereocenters. The Morgan fingerprint density at radius 3 is 2.34 bits per heavy atom. The highest BCUT2D eigenvalue weighted by Crippen LogP contribution is 2.39. The standard InChI is InChI=1S/C32H31ClF5N5O6S/c1-39-31(44)49-12-11-42(2)27-13-20(32(36,37)38)6-9-25(27)41-26-16-24(35)29(15-23(26)33)50(45,46)43(30-10-7-21(34)17-40-30)18-19-5-8-22(47-3)14-28(19)48-4/h5-10,13-17,41H,11-12,18H2,1-4H3,(H,39,44). The zero-order valence-electron chi connectivity index (χ0n) is 26.9. The summed E-state index contributed by atoms with van der Waals surface area (Å²) < 4.78 is 115. The molecule has 11 nitrogen and oxygen atoms in total. The van der Waals surface area contributed by atoms with Crippen molar-refractivity contribution >= 4 is 50.6 Å². The summed E-state index contributed by atoms with van der Waals surface area (Å²) in [5.74, 6) is -1.61. The Labute approximate surface area is 289 Å². The van der Waals surface area contributed by atoms with E-state index < -0.39 is 50.9 Å². The van der Waals surface area contributed by atoms with E-state index in [1.54, 1.807) is 6.07 Å². The number of aromatic nitrogens is 1. The van der Waals surface area contributed by atoms with Gasteiger partial charge >= 0.3 is 12.3 Å². The number of sulfonamides is 1. The Morgan fingerprint density at radius 2 is 1.72 bits per heavy atom. The van der Waals surface area contributed by atoms with Crippen molar-refractivity contribution in [1.29, 1.82) is 0 Å². The van der Waals surface area contributed by atoms with Gasteiger partial charge in [-0.25, -0.2) is 31.3 Å².